The van der Waals surface area contributed by atoms with Crippen LogP contribution in [0.3, 0.4) is 0 Å². The maximum Gasteiger partial charge on any atom is 0.306 e. The molecular formula is C48H80O3. The maximum absolute atomic E-state index is 13.2. The van der Waals surface area contributed by atoms with E-state index < -0.39 is 0 Å². The van der Waals surface area contributed by atoms with Crippen LogP contribution in [0.25, 0.3) is 0 Å². The van der Waals surface area contributed by atoms with E-state index in [2.05, 4.69) is 80.5 Å². The molecule has 290 valence electrons. The number of allylic oxidation sites excluding steroid dienone is 5. The molecule has 3 nitrogen and oxygen atoms in total. The zero-order chi connectivity index (χ0) is 37.1. The highest BCUT2D eigenvalue weighted by Gasteiger charge is 2.68. The number of rotatable bonds is 15. The Hall–Kier alpha value is -1.35. The summed E-state index contributed by atoms with van der Waals surface area (Å²) in [5.74, 6) is 3.70. The van der Waals surface area contributed by atoms with Gasteiger partial charge < -0.3 is 9.84 Å². The summed E-state index contributed by atoms with van der Waals surface area (Å²) in [6.07, 6.45) is 33.9. The van der Waals surface area contributed by atoms with Gasteiger partial charge in [0, 0.05) is 11.8 Å². The summed E-state index contributed by atoms with van der Waals surface area (Å²) in [4.78, 5) is 13.2. The van der Waals surface area contributed by atoms with Crippen molar-refractivity contribution in [1.82, 2.24) is 0 Å². The molecule has 5 aliphatic rings. The molecule has 1 unspecified atom stereocenters. The lowest BCUT2D eigenvalue weighted by Crippen LogP contribution is -2.65. The first-order valence-electron chi connectivity index (χ1n) is 22.1. The van der Waals surface area contributed by atoms with Crippen molar-refractivity contribution in [3.8, 4) is 0 Å². The molecule has 0 aromatic heterocycles. The lowest BCUT2D eigenvalue weighted by Gasteiger charge is -2.71. The van der Waals surface area contributed by atoms with Crippen LogP contribution in [-0.4, -0.2) is 23.3 Å². The molecule has 4 saturated carbocycles. The molecule has 5 rings (SSSR count). The number of hydrogen-bond donors (Lipinski definition) is 1. The van der Waals surface area contributed by atoms with Crippen LogP contribution in [0, 0.1) is 56.7 Å². The minimum atomic E-state index is -0.314. The number of ether oxygens (including phenoxy) is 1. The summed E-state index contributed by atoms with van der Waals surface area (Å²) in [5.41, 5.74) is 3.29. The fourth-order valence-corrected chi connectivity index (χ4v) is 13.4. The lowest BCUT2D eigenvalue weighted by molar-refractivity contribution is -0.213. The molecule has 0 heterocycles. The van der Waals surface area contributed by atoms with Crippen molar-refractivity contribution in [2.24, 2.45) is 56.7 Å². The van der Waals surface area contributed by atoms with Crippen molar-refractivity contribution in [2.75, 3.05) is 0 Å². The molecular weight excluding hydrogens is 625 g/mol. The van der Waals surface area contributed by atoms with Crippen molar-refractivity contribution >= 4 is 5.97 Å². The quantitative estimate of drug-likeness (QED) is 0.0799. The number of aliphatic hydroxyl groups is 1. The number of carbonyl (C=O) groups is 1. The van der Waals surface area contributed by atoms with Gasteiger partial charge in [0.15, 0.2) is 0 Å². The van der Waals surface area contributed by atoms with E-state index in [1.165, 1.54) is 83.5 Å². The first-order valence-corrected chi connectivity index (χ1v) is 22.1. The molecule has 0 saturated heterocycles. The van der Waals surface area contributed by atoms with Crippen LogP contribution < -0.4 is 0 Å². The molecule has 0 radical (unpaired) electrons. The van der Waals surface area contributed by atoms with Gasteiger partial charge in [0.05, 0.1) is 6.10 Å². The predicted octanol–water partition coefficient (Wildman–Crippen LogP) is 13.4. The molecule has 4 fully saturated rings. The molecule has 0 amide bonds. The van der Waals surface area contributed by atoms with Crippen molar-refractivity contribution in [2.45, 2.75) is 203 Å². The molecule has 0 bridgehead atoms. The molecule has 0 spiro atoms. The Morgan fingerprint density at radius 3 is 2.37 bits per heavy atom. The van der Waals surface area contributed by atoms with Crippen LogP contribution in [0.1, 0.15) is 191 Å². The third kappa shape index (κ3) is 8.05. The van der Waals surface area contributed by atoms with Gasteiger partial charge in [-0.15, -0.1) is 0 Å². The minimum absolute atomic E-state index is 0.00316. The van der Waals surface area contributed by atoms with Gasteiger partial charge in [-0.3, -0.25) is 4.79 Å². The molecule has 0 aromatic rings. The standard InChI is InChI=1S/C48H80O3/c1-10-11-19-22-37(49)23-20-17-15-13-12-14-16-18-21-24-42(50)51-41-29-31-46(7)39(44(41,4)5)28-32-48(9)40(46)26-25-38-43-36(3)35(2)27-30-45(43,6)33-34-47(38,48)8/h15,17,20,23,25,35-37,39-41,43,49H,10-14,16,18-19,21-22,24,26-34H2,1-9H3/b17-15-,23-20+/t35-,36+,37?,39+,40-,41+,43+,45-,46+,47-,48-/m1/s1. The first kappa shape index (κ1) is 40.8. The van der Waals surface area contributed by atoms with Gasteiger partial charge in [-0.25, -0.2) is 0 Å². The van der Waals surface area contributed by atoms with E-state index in [1.807, 2.05) is 17.7 Å². The second-order valence-electron chi connectivity index (χ2n) is 20.3. The van der Waals surface area contributed by atoms with Gasteiger partial charge in [0.25, 0.3) is 0 Å². The van der Waals surface area contributed by atoms with E-state index in [1.54, 1.807) is 0 Å². The summed E-state index contributed by atoms with van der Waals surface area (Å²) in [6.45, 7) is 22.9. The van der Waals surface area contributed by atoms with Crippen LogP contribution in [-0.2, 0) is 9.53 Å². The van der Waals surface area contributed by atoms with Crippen LogP contribution in [0.4, 0.5) is 0 Å². The van der Waals surface area contributed by atoms with E-state index in [0.717, 1.165) is 56.3 Å². The van der Waals surface area contributed by atoms with Crippen molar-refractivity contribution in [3.63, 3.8) is 0 Å². The van der Waals surface area contributed by atoms with E-state index in [-0.39, 0.29) is 29.0 Å². The fourth-order valence-electron chi connectivity index (χ4n) is 13.4. The Balaban J connectivity index is 1.09. The largest absolute Gasteiger partial charge is 0.462 e. The molecule has 5 aliphatic carbocycles. The van der Waals surface area contributed by atoms with Crippen molar-refractivity contribution in [1.29, 1.82) is 0 Å². The van der Waals surface area contributed by atoms with Gasteiger partial charge in [-0.05, 0) is 135 Å². The van der Waals surface area contributed by atoms with E-state index >= 15 is 0 Å². The smallest absolute Gasteiger partial charge is 0.306 e. The minimum Gasteiger partial charge on any atom is -0.462 e. The molecule has 51 heavy (non-hydrogen) atoms. The van der Waals surface area contributed by atoms with E-state index in [0.29, 0.717) is 34.5 Å². The number of esters is 1. The van der Waals surface area contributed by atoms with Crippen LogP contribution in [0.5, 0.6) is 0 Å². The maximum atomic E-state index is 13.2. The third-order valence-electron chi connectivity index (χ3n) is 17.0. The Morgan fingerprint density at radius 2 is 1.61 bits per heavy atom. The Labute approximate surface area is 315 Å². The van der Waals surface area contributed by atoms with Crippen LogP contribution in [0.15, 0.2) is 36.0 Å². The molecule has 3 heteroatoms. The Kier molecular flexibility index (Phi) is 13.3. The molecule has 11 atom stereocenters. The Bertz CT molecular complexity index is 1260. The van der Waals surface area contributed by atoms with Gasteiger partial charge >= 0.3 is 5.97 Å². The van der Waals surface area contributed by atoms with Gasteiger partial charge in [0.2, 0.25) is 0 Å². The average Bonchev–Trinajstić information content (AvgIpc) is 3.07. The summed E-state index contributed by atoms with van der Waals surface area (Å²) < 4.78 is 6.40. The number of unbranched alkanes of at least 4 members (excludes halogenated alkanes) is 7. The highest BCUT2D eigenvalue weighted by Crippen LogP contribution is 2.75. The fraction of sp³-hybridized carbons (Fsp3) is 0.854. The number of aliphatic hydroxyl groups excluding tert-OH is 1. The highest BCUT2D eigenvalue weighted by atomic mass is 16.5. The molecule has 1 N–H and O–H groups in total. The highest BCUT2D eigenvalue weighted by molar-refractivity contribution is 5.69. The third-order valence-corrected chi connectivity index (χ3v) is 17.0. The van der Waals surface area contributed by atoms with Crippen molar-refractivity contribution < 1.29 is 14.6 Å². The predicted molar refractivity (Wildman–Crippen MR) is 215 cm³/mol. The van der Waals surface area contributed by atoms with E-state index in [4.69, 9.17) is 4.74 Å². The van der Waals surface area contributed by atoms with Gasteiger partial charge in [-0.1, -0.05) is 137 Å². The zero-order valence-electron chi connectivity index (χ0n) is 34.8. The van der Waals surface area contributed by atoms with E-state index in [9.17, 15) is 9.90 Å². The normalized spacial score (nSPS) is 40.9. The molecule has 0 aliphatic heterocycles. The second-order valence-corrected chi connectivity index (χ2v) is 20.3. The SMILES string of the molecule is CCCCCC(O)/C=C/C=C\CCCCCCCC(=O)O[C@H]1CC[C@]2(C)[C@H]3CC=C4[C@@H]5[C@@H](C)[C@H](C)CC[C@]5(C)CC[C@@]4(C)[C@]3(C)CC[C@H]2C1(C)C. The van der Waals surface area contributed by atoms with Gasteiger partial charge in [-0.2, -0.15) is 0 Å². The van der Waals surface area contributed by atoms with Crippen LogP contribution >= 0.6 is 0 Å². The van der Waals surface area contributed by atoms with Crippen LogP contribution in [0.2, 0.25) is 0 Å². The topological polar surface area (TPSA) is 46.5 Å². The molecule has 0 aromatic carbocycles. The summed E-state index contributed by atoms with van der Waals surface area (Å²) in [7, 11) is 0. The summed E-state index contributed by atoms with van der Waals surface area (Å²) >= 11 is 0. The van der Waals surface area contributed by atoms with Gasteiger partial charge in [0.1, 0.15) is 6.10 Å². The monoisotopic (exact) mass is 705 g/mol. The number of hydrogen-bond acceptors (Lipinski definition) is 3. The number of fused-ring (bicyclic) bond motifs is 7. The zero-order valence-corrected chi connectivity index (χ0v) is 34.8. The summed E-state index contributed by atoms with van der Waals surface area (Å²) in [5, 5.41) is 9.99. The number of carbonyl (C=O) groups excluding carboxylic acids is 1. The average molecular weight is 705 g/mol. The lowest BCUT2D eigenvalue weighted by atomic mass is 9.33. The second kappa shape index (κ2) is 16.6. The van der Waals surface area contributed by atoms with Crippen molar-refractivity contribution in [3.05, 3.63) is 36.0 Å². The Morgan fingerprint density at radius 1 is 0.863 bits per heavy atom. The summed E-state index contributed by atoms with van der Waals surface area (Å²) in [6, 6.07) is 0. The first-order chi connectivity index (χ1) is 24.1.